The maximum absolute atomic E-state index is 5.31. The molecule has 1 aliphatic rings. The summed E-state index contributed by atoms with van der Waals surface area (Å²) in [6.45, 7) is 0. The normalized spacial score (nSPS) is 14.5. The van der Waals surface area contributed by atoms with Crippen molar-refractivity contribution in [2.75, 3.05) is 0 Å². The molecule has 0 radical (unpaired) electrons. The van der Waals surface area contributed by atoms with Gasteiger partial charge in [-0.25, -0.2) is 4.99 Å². The number of para-hydroxylation sites is 3. The molecule has 0 aliphatic carbocycles. The van der Waals surface area contributed by atoms with Crippen LogP contribution in [-0.4, -0.2) is 20.7 Å². The predicted octanol–water partition coefficient (Wildman–Crippen LogP) is 14.8. The van der Waals surface area contributed by atoms with E-state index in [2.05, 4.69) is 203 Å². The average Bonchev–Trinajstić information content (AvgIpc) is 3.99. The van der Waals surface area contributed by atoms with Crippen molar-refractivity contribution in [3.05, 3.63) is 217 Å². The lowest BCUT2D eigenvalue weighted by Crippen LogP contribution is -2.18. The van der Waals surface area contributed by atoms with Gasteiger partial charge in [0.2, 0.25) is 0 Å². The first kappa shape index (κ1) is 34.3. The van der Waals surface area contributed by atoms with Gasteiger partial charge in [0.05, 0.1) is 39.5 Å². The second kappa shape index (κ2) is 13.5. The van der Waals surface area contributed by atoms with Crippen LogP contribution in [0.25, 0.3) is 85.9 Å². The van der Waals surface area contributed by atoms with Gasteiger partial charge in [0.1, 0.15) is 0 Å². The van der Waals surface area contributed by atoms with Gasteiger partial charge in [-0.3, -0.25) is 4.99 Å². The van der Waals surface area contributed by atoms with E-state index >= 15 is 0 Å². The van der Waals surface area contributed by atoms with Crippen LogP contribution in [0.5, 0.6) is 0 Å². The minimum Gasteiger partial charge on any atom is -0.309 e. The molecule has 286 valence electrons. The van der Waals surface area contributed by atoms with Crippen LogP contribution in [0.3, 0.4) is 0 Å². The molecule has 1 aliphatic heterocycles. The van der Waals surface area contributed by atoms with Crippen molar-refractivity contribution in [1.82, 2.24) is 9.13 Å². The molecule has 0 fully saturated rings. The molecular formula is C56H36N4S. The van der Waals surface area contributed by atoms with E-state index in [9.17, 15) is 0 Å². The third-order valence-electron chi connectivity index (χ3n) is 12.7. The van der Waals surface area contributed by atoms with E-state index in [-0.39, 0.29) is 6.04 Å². The fourth-order valence-corrected chi connectivity index (χ4v) is 11.1. The molecule has 9 aromatic carbocycles. The van der Waals surface area contributed by atoms with Gasteiger partial charge in [0, 0.05) is 70.3 Å². The third kappa shape index (κ3) is 5.24. The Morgan fingerprint density at radius 2 is 1.07 bits per heavy atom. The Balaban J connectivity index is 0.998. The standard InChI is InChI=1S/C56H36N4S/c1-3-15-35(16-4-1)45-34-46(58-56(57-45)36-17-5-2-6-18-36)39-29-30-50(40-20-8-7-19-38(39)40)60-49-26-14-11-23-43(49)54-51(60)31-32-52-55(54)44-28-27-37(33-53(44)61-52)59-47-24-12-9-21-41(47)42-22-10-13-25-48(42)59/h1-33,45H,34H2. The monoisotopic (exact) mass is 796 g/mol. The van der Waals surface area contributed by atoms with Crippen LogP contribution in [0, 0.1) is 0 Å². The summed E-state index contributed by atoms with van der Waals surface area (Å²) in [7, 11) is 0. The summed E-state index contributed by atoms with van der Waals surface area (Å²) < 4.78 is 7.48. The number of nitrogens with zero attached hydrogens (tertiary/aromatic N) is 4. The minimum absolute atomic E-state index is 0.0272. The Morgan fingerprint density at radius 3 is 1.80 bits per heavy atom. The highest BCUT2D eigenvalue weighted by Gasteiger charge is 2.25. The molecule has 13 rings (SSSR count). The fourth-order valence-electron chi connectivity index (χ4n) is 9.99. The summed E-state index contributed by atoms with van der Waals surface area (Å²) in [5.41, 5.74) is 11.6. The first-order valence-electron chi connectivity index (χ1n) is 20.9. The number of hydrogen-bond acceptors (Lipinski definition) is 3. The van der Waals surface area contributed by atoms with Crippen molar-refractivity contribution in [3.8, 4) is 11.4 Å². The highest BCUT2D eigenvalue weighted by molar-refractivity contribution is 7.26. The van der Waals surface area contributed by atoms with Gasteiger partial charge in [0.15, 0.2) is 5.84 Å². The molecule has 0 saturated heterocycles. The molecule has 12 aromatic rings. The lowest BCUT2D eigenvalue weighted by atomic mass is 9.92. The van der Waals surface area contributed by atoms with E-state index in [1.807, 2.05) is 17.4 Å². The number of hydrogen-bond donors (Lipinski definition) is 0. The smallest absolute Gasteiger partial charge is 0.155 e. The van der Waals surface area contributed by atoms with E-state index in [1.54, 1.807) is 0 Å². The summed E-state index contributed by atoms with van der Waals surface area (Å²) in [5, 5.41) is 10.1. The van der Waals surface area contributed by atoms with Crippen LogP contribution in [0.2, 0.25) is 0 Å². The van der Waals surface area contributed by atoms with Crippen molar-refractivity contribution in [3.63, 3.8) is 0 Å². The van der Waals surface area contributed by atoms with Crippen molar-refractivity contribution in [2.45, 2.75) is 12.5 Å². The Hall–Kier alpha value is -7.60. The number of fused-ring (bicyclic) bond motifs is 11. The summed E-state index contributed by atoms with van der Waals surface area (Å²) >= 11 is 1.88. The van der Waals surface area contributed by atoms with E-state index < -0.39 is 0 Å². The Labute approximate surface area is 355 Å². The van der Waals surface area contributed by atoms with Crippen molar-refractivity contribution in [2.24, 2.45) is 9.98 Å². The molecule has 1 atom stereocenters. The van der Waals surface area contributed by atoms with E-state index in [4.69, 9.17) is 9.98 Å². The maximum Gasteiger partial charge on any atom is 0.155 e. The lowest BCUT2D eigenvalue weighted by Gasteiger charge is -2.23. The summed E-state index contributed by atoms with van der Waals surface area (Å²) in [5.74, 6) is 0.778. The third-order valence-corrected chi connectivity index (χ3v) is 13.8. The summed E-state index contributed by atoms with van der Waals surface area (Å²) in [6, 6.07) is 72.6. The number of rotatable bonds is 5. The van der Waals surface area contributed by atoms with Gasteiger partial charge >= 0.3 is 0 Å². The van der Waals surface area contributed by atoms with Crippen molar-refractivity contribution >= 4 is 97.4 Å². The minimum atomic E-state index is -0.0272. The summed E-state index contributed by atoms with van der Waals surface area (Å²) in [4.78, 5) is 10.5. The molecule has 5 heteroatoms. The van der Waals surface area contributed by atoms with Crippen LogP contribution in [0.1, 0.15) is 29.2 Å². The number of aliphatic imine (C=N–C) groups is 2. The molecule has 4 heterocycles. The highest BCUT2D eigenvalue weighted by atomic mass is 32.1. The molecule has 0 bridgehead atoms. The van der Waals surface area contributed by atoms with Gasteiger partial charge < -0.3 is 9.13 Å². The number of benzene rings is 9. The molecule has 0 saturated carbocycles. The van der Waals surface area contributed by atoms with Gasteiger partial charge in [-0.05, 0) is 59.5 Å². The molecule has 4 nitrogen and oxygen atoms in total. The predicted molar refractivity (Wildman–Crippen MR) is 259 cm³/mol. The zero-order valence-electron chi connectivity index (χ0n) is 33.0. The zero-order valence-corrected chi connectivity index (χ0v) is 33.9. The Morgan fingerprint density at radius 1 is 0.443 bits per heavy atom. The van der Waals surface area contributed by atoms with E-state index in [0.717, 1.165) is 34.8 Å². The molecule has 0 amide bonds. The average molecular weight is 797 g/mol. The molecule has 0 spiro atoms. The molecule has 61 heavy (non-hydrogen) atoms. The van der Waals surface area contributed by atoms with Gasteiger partial charge in [-0.2, -0.15) is 0 Å². The van der Waals surface area contributed by atoms with Crippen LogP contribution in [0.15, 0.2) is 210 Å². The number of aromatic nitrogens is 2. The molecule has 3 aromatic heterocycles. The molecular weight excluding hydrogens is 761 g/mol. The first-order chi connectivity index (χ1) is 30.3. The topological polar surface area (TPSA) is 34.6 Å². The molecule has 0 N–H and O–H groups in total. The summed E-state index contributed by atoms with van der Waals surface area (Å²) in [6.07, 6.45) is 0.723. The first-order valence-corrected chi connectivity index (χ1v) is 21.7. The highest BCUT2D eigenvalue weighted by Crippen LogP contribution is 2.45. The second-order valence-corrected chi connectivity index (χ2v) is 17.1. The van der Waals surface area contributed by atoms with Crippen molar-refractivity contribution < 1.29 is 0 Å². The lowest BCUT2D eigenvalue weighted by molar-refractivity contribution is 0.754. The maximum atomic E-state index is 5.31. The van der Waals surface area contributed by atoms with Gasteiger partial charge in [0.25, 0.3) is 0 Å². The van der Waals surface area contributed by atoms with E-state index in [0.29, 0.717) is 0 Å². The van der Waals surface area contributed by atoms with Crippen LogP contribution < -0.4 is 0 Å². The second-order valence-electron chi connectivity index (χ2n) is 16.0. The van der Waals surface area contributed by atoms with E-state index in [1.165, 1.54) is 85.8 Å². The van der Waals surface area contributed by atoms with Crippen molar-refractivity contribution in [1.29, 1.82) is 0 Å². The number of amidine groups is 1. The zero-order chi connectivity index (χ0) is 40.0. The number of thiophene rings is 1. The van der Waals surface area contributed by atoms with Crippen LogP contribution in [-0.2, 0) is 0 Å². The van der Waals surface area contributed by atoms with Gasteiger partial charge in [-0.1, -0.05) is 152 Å². The van der Waals surface area contributed by atoms with Crippen LogP contribution in [0.4, 0.5) is 0 Å². The Bertz CT molecular complexity index is 3740. The quantitative estimate of drug-likeness (QED) is 0.166. The van der Waals surface area contributed by atoms with Gasteiger partial charge in [-0.15, -0.1) is 11.3 Å². The SMILES string of the molecule is c1ccc(C2=NC(c3ccccc3)CC(c3ccc(-n4c5ccccc5c5c6c(ccc54)sc4cc(-n5c7ccccc7c7ccccc75)ccc46)c4ccccc34)=N2)cc1. The largest absolute Gasteiger partial charge is 0.309 e. The fraction of sp³-hybridized carbons (Fsp3) is 0.0357. The Kier molecular flexibility index (Phi) is 7.57. The van der Waals surface area contributed by atoms with Crippen LogP contribution >= 0.6 is 11.3 Å². The molecule has 1 unspecified atom stereocenters.